The average molecular weight is 649 g/mol. The topological polar surface area (TPSA) is 105 Å². The second-order valence-corrected chi connectivity index (χ2v) is 12.2. The molecule has 41 heavy (non-hydrogen) atoms. The summed E-state index contributed by atoms with van der Waals surface area (Å²) in [6.07, 6.45) is 0.712. The van der Waals surface area contributed by atoms with E-state index in [1.54, 1.807) is 13.0 Å². The van der Waals surface area contributed by atoms with E-state index >= 15 is 0 Å². The Hall–Kier alpha value is -3.64. The second kappa shape index (κ2) is 13.3. The molecule has 0 spiro atoms. The van der Waals surface area contributed by atoms with E-state index < -0.39 is 34.3 Å². The van der Waals surface area contributed by atoms with Crippen LogP contribution in [0.1, 0.15) is 25.8 Å². The highest BCUT2D eigenvalue weighted by Crippen LogP contribution is 2.34. The minimum Gasteiger partial charge on any atom is -0.486 e. The monoisotopic (exact) mass is 647 g/mol. The zero-order valence-electron chi connectivity index (χ0n) is 22.7. The van der Waals surface area contributed by atoms with Gasteiger partial charge in [0, 0.05) is 23.6 Å². The van der Waals surface area contributed by atoms with Gasteiger partial charge >= 0.3 is 0 Å². The SMILES string of the molecule is CCCNC(=O)[C@@H](C)N(Cc1cccc(Br)c1)C(=O)CN(c1ccc(F)cc1)S(=O)(=O)c1ccc2c(c1)OCCO2. The van der Waals surface area contributed by atoms with Crippen molar-refractivity contribution in [3.05, 3.63) is 82.6 Å². The van der Waals surface area contributed by atoms with Gasteiger partial charge in [0.15, 0.2) is 11.5 Å². The number of fused-ring (bicyclic) bond motifs is 1. The van der Waals surface area contributed by atoms with Crippen molar-refractivity contribution in [3.8, 4) is 11.5 Å². The van der Waals surface area contributed by atoms with Crippen LogP contribution in [0, 0.1) is 5.82 Å². The first-order valence-corrected chi connectivity index (χ1v) is 15.3. The molecule has 0 aliphatic carbocycles. The van der Waals surface area contributed by atoms with Gasteiger partial charge in [-0.05, 0) is 67.4 Å². The molecule has 3 aromatic carbocycles. The predicted octanol–water partition coefficient (Wildman–Crippen LogP) is 4.50. The van der Waals surface area contributed by atoms with Crippen molar-refractivity contribution in [1.82, 2.24) is 10.2 Å². The largest absolute Gasteiger partial charge is 0.486 e. The Morgan fingerprint density at radius 3 is 2.41 bits per heavy atom. The molecule has 1 atom stereocenters. The van der Waals surface area contributed by atoms with E-state index in [0.29, 0.717) is 25.3 Å². The lowest BCUT2D eigenvalue weighted by atomic mass is 10.1. The Kier molecular flexibility index (Phi) is 9.87. The van der Waals surface area contributed by atoms with Gasteiger partial charge in [-0.3, -0.25) is 13.9 Å². The Bertz CT molecular complexity index is 1500. The molecule has 1 aliphatic rings. The third kappa shape index (κ3) is 7.36. The molecule has 0 saturated carbocycles. The lowest BCUT2D eigenvalue weighted by Gasteiger charge is -2.32. The summed E-state index contributed by atoms with van der Waals surface area (Å²) in [4.78, 5) is 28.1. The zero-order chi connectivity index (χ0) is 29.6. The number of sulfonamides is 1. The summed E-state index contributed by atoms with van der Waals surface area (Å²) in [5.74, 6) is -0.867. The Morgan fingerprint density at radius 1 is 1.02 bits per heavy atom. The van der Waals surface area contributed by atoms with Crippen molar-refractivity contribution in [3.63, 3.8) is 0 Å². The Morgan fingerprint density at radius 2 is 1.73 bits per heavy atom. The molecular formula is C29H31BrFN3O6S. The molecule has 12 heteroatoms. The maximum atomic E-state index is 14.0. The van der Waals surface area contributed by atoms with E-state index in [-0.39, 0.29) is 35.4 Å². The van der Waals surface area contributed by atoms with Gasteiger partial charge in [0.1, 0.15) is 31.6 Å². The summed E-state index contributed by atoms with van der Waals surface area (Å²) in [7, 11) is -4.35. The minimum atomic E-state index is -4.35. The van der Waals surface area contributed by atoms with Crippen LogP contribution in [0.4, 0.5) is 10.1 Å². The number of carbonyl (C=O) groups is 2. The molecular weight excluding hydrogens is 617 g/mol. The van der Waals surface area contributed by atoms with Crippen molar-refractivity contribution in [1.29, 1.82) is 0 Å². The molecule has 0 radical (unpaired) electrons. The van der Waals surface area contributed by atoms with Gasteiger partial charge in [-0.2, -0.15) is 0 Å². The van der Waals surface area contributed by atoms with Gasteiger partial charge in [-0.25, -0.2) is 12.8 Å². The highest BCUT2D eigenvalue weighted by Gasteiger charge is 2.33. The first kappa shape index (κ1) is 30.3. The quantitative estimate of drug-likeness (QED) is 0.329. The molecule has 9 nitrogen and oxygen atoms in total. The fourth-order valence-corrected chi connectivity index (χ4v) is 6.13. The second-order valence-electron chi connectivity index (χ2n) is 9.41. The first-order valence-electron chi connectivity index (χ1n) is 13.1. The van der Waals surface area contributed by atoms with Gasteiger partial charge < -0.3 is 19.7 Å². The van der Waals surface area contributed by atoms with Crippen molar-refractivity contribution in [2.24, 2.45) is 0 Å². The van der Waals surface area contributed by atoms with Gasteiger partial charge in [-0.1, -0.05) is 35.0 Å². The number of hydrogen-bond donors (Lipinski definition) is 1. The highest BCUT2D eigenvalue weighted by molar-refractivity contribution is 9.10. The van der Waals surface area contributed by atoms with E-state index in [2.05, 4.69) is 21.2 Å². The Balaban J connectivity index is 1.71. The fourth-order valence-electron chi connectivity index (χ4n) is 4.26. The number of amides is 2. The normalized spacial score (nSPS) is 13.3. The first-order chi connectivity index (χ1) is 19.6. The standard InChI is InChI=1S/C29H31BrFN3O6S/c1-3-13-32-29(36)20(2)33(18-21-5-4-6-22(30)16-21)28(35)19-34(24-9-7-23(31)8-10-24)41(37,38)25-11-12-26-27(17-25)40-15-14-39-26/h4-12,16-17,20H,3,13-15,18-19H2,1-2H3,(H,32,36)/t20-/m1/s1. The van der Waals surface area contributed by atoms with Gasteiger partial charge in [-0.15, -0.1) is 0 Å². The van der Waals surface area contributed by atoms with Gasteiger partial charge in [0.2, 0.25) is 11.8 Å². The van der Waals surface area contributed by atoms with E-state index in [0.717, 1.165) is 26.5 Å². The van der Waals surface area contributed by atoms with Crippen molar-refractivity contribution in [2.45, 2.75) is 37.8 Å². The van der Waals surface area contributed by atoms with E-state index in [1.807, 2.05) is 25.1 Å². The van der Waals surface area contributed by atoms with Crippen LogP contribution in [0.15, 0.2) is 76.1 Å². The summed E-state index contributed by atoms with van der Waals surface area (Å²) in [5.41, 5.74) is 0.825. The molecule has 0 unspecified atom stereocenters. The van der Waals surface area contributed by atoms with E-state index in [9.17, 15) is 22.4 Å². The maximum absolute atomic E-state index is 14.0. The van der Waals surface area contributed by atoms with Crippen LogP contribution in [0.25, 0.3) is 0 Å². The molecule has 2 amide bonds. The van der Waals surface area contributed by atoms with Crippen LogP contribution in [0.3, 0.4) is 0 Å². The molecule has 4 rings (SSSR count). The van der Waals surface area contributed by atoms with Crippen LogP contribution in [0.5, 0.6) is 11.5 Å². The van der Waals surface area contributed by atoms with Crippen LogP contribution >= 0.6 is 15.9 Å². The number of nitrogens with zero attached hydrogens (tertiary/aromatic N) is 2. The summed E-state index contributed by atoms with van der Waals surface area (Å²) in [5, 5.41) is 2.80. The van der Waals surface area contributed by atoms with Crippen molar-refractivity contribution < 1.29 is 31.9 Å². The number of carbonyl (C=O) groups excluding carboxylic acids is 2. The summed E-state index contributed by atoms with van der Waals surface area (Å²) in [6.45, 7) is 3.97. The smallest absolute Gasteiger partial charge is 0.264 e. The number of hydrogen-bond acceptors (Lipinski definition) is 6. The number of halogens is 2. The van der Waals surface area contributed by atoms with Gasteiger partial charge in [0.25, 0.3) is 10.0 Å². The number of rotatable bonds is 11. The van der Waals surface area contributed by atoms with Crippen LogP contribution in [0.2, 0.25) is 0 Å². The lowest BCUT2D eigenvalue weighted by molar-refractivity contribution is -0.139. The number of ether oxygens (including phenoxy) is 2. The Labute approximate surface area is 247 Å². The highest BCUT2D eigenvalue weighted by atomic mass is 79.9. The lowest BCUT2D eigenvalue weighted by Crippen LogP contribution is -2.51. The zero-order valence-corrected chi connectivity index (χ0v) is 25.1. The van der Waals surface area contributed by atoms with E-state index in [4.69, 9.17) is 9.47 Å². The third-order valence-electron chi connectivity index (χ3n) is 6.45. The molecule has 0 aromatic heterocycles. The fraction of sp³-hybridized carbons (Fsp3) is 0.310. The predicted molar refractivity (Wildman–Crippen MR) is 156 cm³/mol. The van der Waals surface area contributed by atoms with Crippen LogP contribution in [-0.4, -0.2) is 57.5 Å². The molecule has 3 aromatic rings. The molecule has 1 heterocycles. The number of benzene rings is 3. The number of anilines is 1. The molecule has 1 aliphatic heterocycles. The van der Waals surface area contributed by atoms with Crippen LogP contribution in [-0.2, 0) is 26.2 Å². The number of nitrogens with one attached hydrogen (secondary N) is 1. The molecule has 218 valence electrons. The maximum Gasteiger partial charge on any atom is 0.264 e. The molecule has 0 bridgehead atoms. The summed E-state index contributed by atoms with van der Waals surface area (Å²) >= 11 is 3.42. The third-order valence-corrected chi connectivity index (χ3v) is 8.72. The molecule has 0 fully saturated rings. The van der Waals surface area contributed by atoms with E-state index in [1.165, 1.54) is 35.2 Å². The summed E-state index contributed by atoms with van der Waals surface area (Å²) in [6, 6.07) is 15.4. The molecule has 1 N–H and O–H groups in total. The van der Waals surface area contributed by atoms with Crippen LogP contribution < -0.4 is 19.1 Å². The van der Waals surface area contributed by atoms with Crippen molar-refractivity contribution >= 4 is 43.5 Å². The average Bonchev–Trinajstić information content (AvgIpc) is 2.97. The van der Waals surface area contributed by atoms with Crippen molar-refractivity contribution in [2.75, 3.05) is 30.6 Å². The minimum absolute atomic E-state index is 0.0559. The summed E-state index contributed by atoms with van der Waals surface area (Å²) < 4.78 is 54.6. The van der Waals surface area contributed by atoms with Gasteiger partial charge in [0.05, 0.1) is 10.6 Å². The molecule has 0 saturated heterocycles.